The first-order valence-electron chi connectivity index (χ1n) is 1.10. The van der Waals surface area contributed by atoms with Crippen molar-refractivity contribution in [3.63, 3.8) is 0 Å². The van der Waals surface area contributed by atoms with Crippen LogP contribution in [0.4, 0.5) is 0 Å². The molecule has 10 nitrogen and oxygen atoms in total. The molecule has 0 aliphatic rings. The Morgan fingerprint density at radius 3 is 0.667 bits per heavy atom. The van der Waals surface area contributed by atoms with E-state index in [1.807, 2.05) is 0 Å². The monoisotopic (exact) mass is 440 g/mol. The third-order valence-electron chi connectivity index (χ3n) is 0. The van der Waals surface area contributed by atoms with Gasteiger partial charge in [0.15, 0.2) is 0 Å². The molecule has 0 aliphatic heterocycles. The summed E-state index contributed by atoms with van der Waals surface area (Å²) >= 11 is 0. The van der Waals surface area contributed by atoms with E-state index in [0.29, 0.717) is 0 Å². The smallest absolute Gasteiger partial charge is 0.0689 e. The molecule has 12 heteroatoms. The summed E-state index contributed by atoms with van der Waals surface area (Å²) in [7, 11) is 0. The molecule has 0 saturated carbocycles. The largest absolute Gasteiger partial charge is 0.369 e. The zero-order valence-corrected chi connectivity index (χ0v) is 12.6. The molecular weight excluding hydrogens is 432 g/mol. The van der Waals surface area contributed by atoms with E-state index in [1.54, 1.807) is 0 Å². The molecule has 0 aromatic carbocycles. The van der Waals surface area contributed by atoms with Crippen molar-refractivity contribution in [1.29, 1.82) is 0 Å². The summed E-state index contributed by atoms with van der Waals surface area (Å²) in [6.07, 6.45) is 0. The first-order chi connectivity index (χ1) is 3.46. The fraction of sp³-hybridized carbons (Fsp3) is 0. The third kappa shape index (κ3) is 975. The quantitative estimate of drug-likeness (QED) is 0.399. The predicted molar refractivity (Wildman–Crippen MR) is 32.7 cm³/mol. The summed E-state index contributed by atoms with van der Waals surface area (Å²) in [6.45, 7) is 0. The van der Waals surface area contributed by atoms with E-state index in [2.05, 4.69) is 0 Å². The third-order valence-corrected chi connectivity index (χ3v) is 0. The van der Waals surface area contributed by atoms with Gasteiger partial charge in [-0.15, -0.1) is 0 Å². The molecule has 12 heavy (non-hydrogen) atoms. The van der Waals surface area contributed by atoms with Crippen molar-refractivity contribution < 1.29 is 93.7 Å². The second-order valence-electron chi connectivity index (χ2n) is 0.447. The molecule has 0 aromatic rings. The molecule has 0 spiro atoms. The van der Waals surface area contributed by atoms with Crippen LogP contribution in [0.15, 0.2) is 0 Å². The van der Waals surface area contributed by atoms with Crippen LogP contribution >= 0.6 is 0 Å². The predicted octanol–water partition coefficient (Wildman–Crippen LogP) is 0.274. The molecule has 72 valence electrons. The van der Waals surface area contributed by atoms with E-state index >= 15 is 0 Å². The van der Waals surface area contributed by atoms with Gasteiger partial charge in [0, 0.05) is 83.5 Å². The van der Waals surface area contributed by atoms with E-state index < -0.39 is 10.2 Å². The Morgan fingerprint density at radius 1 is 0.667 bits per heavy atom. The Kier molecular flexibility index (Phi) is 93.9. The van der Waals surface area contributed by atoms with Crippen LogP contribution in [0.25, 0.3) is 0 Å². The Bertz CT molecular complexity index is 75.5. The fourth-order valence-electron chi connectivity index (χ4n) is 0. The molecule has 0 aliphatic carbocycles. The molecule has 0 fully saturated rings. The number of quaternary nitrogens is 2. The van der Waals surface area contributed by atoms with Crippen LogP contribution in [0.1, 0.15) is 0 Å². The van der Waals surface area contributed by atoms with Gasteiger partial charge in [-0.25, -0.2) is 0 Å². The minimum Gasteiger partial charge on any atom is -0.369 e. The van der Waals surface area contributed by atoms with Gasteiger partial charge in [-0.05, 0) is 0 Å². The molecule has 8 N–H and O–H groups in total. The van der Waals surface area contributed by atoms with Gasteiger partial charge in [-0.1, -0.05) is 0 Å². The minimum atomic E-state index is -1.75. The van der Waals surface area contributed by atoms with Crippen LogP contribution in [0.2, 0.25) is 0 Å². The van der Waals surface area contributed by atoms with Crippen LogP contribution < -0.4 is 12.3 Å². The molecule has 0 amide bonds. The first-order valence-corrected chi connectivity index (χ1v) is 1.10. The van der Waals surface area contributed by atoms with Crippen LogP contribution in [0, 0.1) is 114 Å². The van der Waals surface area contributed by atoms with Crippen molar-refractivity contribution in [2.24, 2.45) is 0 Å². The Hall–Kier alpha value is 1.07. The maximum atomic E-state index is 8.25. The van der Waals surface area contributed by atoms with Gasteiger partial charge in [0.25, 0.3) is 0 Å². The fourth-order valence-corrected chi connectivity index (χ4v) is 0. The average Bonchev–Trinajstić information content (AvgIpc) is 1.25. The number of rotatable bonds is 0. The normalized spacial score (nSPS) is 4.00. The van der Waals surface area contributed by atoms with Crippen molar-refractivity contribution >= 4 is 0 Å². The second-order valence-corrected chi connectivity index (χ2v) is 0.447. The maximum absolute atomic E-state index is 8.25. The van der Waals surface area contributed by atoms with Gasteiger partial charge in [-0.3, -0.25) is 0 Å². The van der Waals surface area contributed by atoms with Crippen molar-refractivity contribution in [3.05, 3.63) is 30.6 Å². The Labute approximate surface area is 134 Å². The topological polar surface area (TPSA) is 205 Å². The van der Waals surface area contributed by atoms with Crippen molar-refractivity contribution in [2.45, 2.75) is 0 Å². The molecular formula is H8Ce2N4O6. The van der Waals surface area contributed by atoms with Crippen LogP contribution in [-0.4, -0.2) is 10.2 Å². The number of nitrogens with zero attached hydrogens (tertiary/aromatic N) is 2. The van der Waals surface area contributed by atoms with Crippen LogP contribution in [0.5, 0.6) is 0 Å². The van der Waals surface area contributed by atoms with E-state index in [1.165, 1.54) is 0 Å². The summed E-state index contributed by atoms with van der Waals surface area (Å²) in [5, 5.41) is 29.5. The summed E-state index contributed by atoms with van der Waals surface area (Å²) < 4.78 is 0. The summed E-state index contributed by atoms with van der Waals surface area (Å²) in [5.74, 6) is 0. The summed E-state index contributed by atoms with van der Waals surface area (Å²) in [5.41, 5.74) is 0. The van der Waals surface area contributed by atoms with Crippen LogP contribution in [-0.2, 0) is 0 Å². The number of hydrogen-bond donors (Lipinski definition) is 2. The van der Waals surface area contributed by atoms with Crippen LogP contribution in [0.3, 0.4) is 0 Å². The Morgan fingerprint density at radius 2 is 0.667 bits per heavy atom. The molecule has 0 atom stereocenters. The molecule has 0 aromatic heterocycles. The first kappa shape index (κ1) is 38.1. The zero-order valence-electron chi connectivity index (χ0n) is 6.34. The average molecular weight is 440 g/mol. The molecule has 0 bridgehead atoms. The molecule has 0 unspecified atom stereocenters. The van der Waals surface area contributed by atoms with Crippen molar-refractivity contribution in [3.8, 4) is 0 Å². The second kappa shape index (κ2) is 29.6. The van der Waals surface area contributed by atoms with Gasteiger partial charge in [0.05, 0.1) is 10.2 Å². The van der Waals surface area contributed by atoms with Gasteiger partial charge >= 0.3 is 0 Å². The van der Waals surface area contributed by atoms with E-state index in [4.69, 9.17) is 30.6 Å². The van der Waals surface area contributed by atoms with E-state index in [9.17, 15) is 0 Å². The van der Waals surface area contributed by atoms with Gasteiger partial charge in [0.1, 0.15) is 0 Å². The molecule has 0 radical (unpaired) electrons. The van der Waals surface area contributed by atoms with Gasteiger partial charge < -0.3 is 42.9 Å². The van der Waals surface area contributed by atoms with E-state index in [0.717, 1.165) is 0 Å². The minimum absolute atomic E-state index is 0. The molecule has 0 saturated heterocycles. The van der Waals surface area contributed by atoms with Gasteiger partial charge in [-0.2, -0.15) is 0 Å². The number of hydrogen-bond acceptors (Lipinski definition) is 6. The summed E-state index contributed by atoms with van der Waals surface area (Å²) in [6, 6.07) is 0. The van der Waals surface area contributed by atoms with Crippen molar-refractivity contribution in [2.75, 3.05) is 0 Å². The maximum Gasteiger partial charge on any atom is 0.0689 e. The van der Waals surface area contributed by atoms with Gasteiger partial charge in [0.2, 0.25) is 0 Å². The van der Waals surface area contributed by atoms with Crippen molar-refractivity contribution in [1.82, 2.24) is 12.3 Å². The standard InChI is InChI=1S/2Ce.2NO3.2H3N/c;;2*2-1(3)4;;/h;;;;2*1H3/q;;2*-1;;/p+2. The molecule has 0 rings (SSSR count). The zero-order chi connectivity index (χ0) is 7.15. The SMILES string of the molecule is O=[N+]([O-])[O-].O=[N+]([O-])[O-].[Ce].[Ce].[NH4+].[NH4+]. The molecule has 0 heterocycles. The Balaban J connectivity index is -0.0000000112. The summed E-state index contributed by atoms with van der Waals surface area (Å²) in [4.78, 5) is 16.5. The van der Waals surface area contributed by atoms with E-state index in [-0.39, 0.29) is 95.8 Å².